The molecule has 1 amide bonds. The molecule has 0 aliphatic carbocycles. The van der Waals surface area contributed by atoms with Gasteiger partial charge in [-0.05, 0) is 49.3 Å². The Morgan fingerprint density at radius 3 is 2.69 bits per heavy atom. The zero-order chi connectivity index (χ0) is 22.3. The van der Waals surface area contributed by atoms with Crippen molar-refractivity contribution in [2.75, 3.05) is 18.5 Å². The number of nitrogens with one attached hydrogen (secondary N) is 1. The summed E-state index contributed by atoms with van der Waals surface area (Å²) in [4.78, 5) is 15.6. The molecule has 2 aromatic carbocycles. The van der Waals surface area contributed by atoms with E-state index < -0.39 is 0 Å². The molecule has 0 aromatic heterocycles. The number of carbonyl (C=O) groups excluding carboxylic acids is 1. The van der Waals surface area contributed by atoms with E-state index in [1.54, 1.807) is 0 Å². The summed E-state index contributed by atoms with van der Waals surface area (Å²) in [6.45, 7) is 7.03. The normalized spacial score (nSPS) is 21.2. The van der Waals surface area contributed by atoms with Gasteiger partial charge in [-0.3, -0.25) is 4.79 Å². The van der Waals surface area contributed by atoms with Crippen LogP contribution >= 0.6 is 0 Å². The molecule has 4 rings (SSSR count). The number of para-hydroxylation sites is 2. The van der Waals surface area contributed by atoms with Crippen molar-refractivity contribution >= 4 is 11.6 Å². The molecule has 172 valence electrons. The van der Waals surface area contributed by atoms with E-state index in [9.17, 15) is 4.79 Å². The highest BCUT2D eigenvalue weighted by molar-refractivity contribution is 5.77. The highest BCUT2D eigenvalue weighted by Gasteiger charge is 2.28. The average molecular weight is 437 g/mol. The lowest BCUT2D eigenvalue weighted by Crippen LogP contribution is -2.44. The Hall–Kier alpha value is -2.53. The quantitative estimate of drug-likeness (QED) is 0.682. The first-order valence-corrected chi connectivity index (χ1v) is 12.0. The first-order chi connectivity index (χ1) is 15.6. The van der Waals surface area contributed by atoms with E-state index in [1.165, 1.54) is 0 Å². The summed E-state index contributed by atoms with van der Waals surface area (Å²) < 4.78 is 12.1. The Labute approximate surface area is 192 Å². The van der Waals surface area contributed by atoms with Crippen LogP contribution in [-0.2, 0) is 22.6 Å². The van der Waals surface area contributed by atoms with Gasteiger partial charge in [0, 0.05) is 37.4 Å². The van der Waals surface area contributed by atoms with Crippen molar-refractivity contribution in [3.63, 3.8) is 0 Å². The minimum atomic E-state index is 0.0196. The van der Waals surface area contributed by atoms with Crippen molar-refractivity contribution in [3.05, 3.63) is 59.7 Å². The summed E-state index contributed by atoms with van der Waals surface area (Å²) in [7, 11) is 0. The Morgan fingerprint density at radius 1 is 1.12 bits per heavy atom. The van der Waals surface area contributed by atoms with Gasteiger partial charge in [-0.15, -0.1) is 0 Å². The van der Waals surface area contributed by atoms with Gasteiger partial charge in [0.2, 0.25) is 5.91 Å². The second kappa shape index (κ2) is 10.9. The van der Waals surface area contributed by atoms with E-state index >= 15 is 0 Å². The number of nitrogens with zero attached hydrogens (tertiary/aromatic N) is 1. The summed E-state index contributed by atoms with van der Waals surface area (Å²) in [6.07, 6.45) is 4.62. The molecule has 2 aliphatic heterocycles. The summed E-state index contributed by atoms with van der Waals surface area (Å²) >= 11 is 0. The Kier molecular flexibility index (Phi) is 7.69. The minimum absolute atomic E-state index is 0.0196. The van der Waals surface area contributed by atoms with Crippen molar-refractivity contribution in [1.82, 2.24) is 4.90 Å². The molecule has 0 saturated carbocycles. The molecule has 2 atom stereocenters. The van der Waals surface area contributed by atoms with Crippen molar-refractivity contribution in [3.8, 4) is 5.75 Å². The SMILES string of the molecule is CC(C)C[C@H]1COc2ccccc2CNc2ccccc2CN1C(=O)CCC1CCCO1. The number of carbonyl (C=O) groups is 1. The molecule has 0 radical (unpaired) electrons. The van der Waals surface area contributed by atoms with Crippen molar-refractivity contribution < 1.29 is 14.3 Å². The lowest BCUT2D eigenvalue weighted by molar-refractivity contribution is -0.136. The van der Waals surface area contributed by atoms with E-state index in [1.807, 2.05) is 24.3 Å². The molecular formula is C27H36N2O3. The van der Waals surface area contributed by atoms with Crippen LogP contribution in [-0.4, -0.2) is 36.2 Å². The summed E-state index contributed by atoms with van der Waals surface area (Å²) in [6, 6.07) is 16.5. The molecule has 5 nitrogen and oxygen atoms in total. The standard InChI is InChI=1S/C27H36N2O3/c1-20(2)16-23-19-32-26-12-6-4-8-21(26)17-28-25-11-5-3-9-22(25)18-29(23)27(30)14-13-24-10-7-15-31-24/h3-6,8-9,11-12,20,23-24,28H,7,10,13-19H2,1-2H3/t23-,24?/m0/s1. The predicted molar refractivity (Wildman–Crippen MR) is 128 cm³/mol. The molecule has 2 aliphatic rings. The number of hydrogen-bond acceptors (Lipinski definition) is 4. The lowest BCUT2D eigenvalue weighted by atomic mass is 10.0. The van der Waals surface area contributed by atoms with E-state index in [4.69, 9.17) is 9.47 Å². The van der Waals surface area contributed by atoms with Gasteiger partial charge in [0.25, 0.3) is 0 Å². The molecule has 1 fully saturated rings. The van der Waals surface area contributed by atoms with Crippen LogP contribution in [0.15, 0.2) is 48.5 Å². The van der Waals surface area contributed by atoms with Gasteiger partial charge in [0.05, 0.1) is 12.1 Å². The molecule has 1 N–H and O–H groups in total. The number of anilines is 1. The van der Waals surface area contributed by atoms with Crippen LogP contribution in [0.2, 0.25) is 0 Å². The van der Waals surface area contributed by atoms with E-state index in [0.29, 0.717) is 32.0 Å². The molecule has 32 heavy (non-hydrogen) atoms. The number of rotatable bonds is 5. The fourth-order valence-electron chi connectivity index (χ4n) is 4.73. The van der Waals surface area contributed by atoms with Gasteiger partial charge < -0.3 is 19.7 Å². The van der Waals surface area contributed by atoms with Crippen LogP contribution in [0.4, 0.5) is 5.69 Å². The maximum atomic E-state index is 13.5. The maximum Gasteiger partial charge on any atom is 0.223 e. The van der Waals surface area contributed by atoms with Gasteiger partial charge in [0.15, 0.2) is 0 Å². The van der Waals surface area contributed by atoms with Crippen LogP contribution < -0.4 is 10.1 Å². The fourth-order valence-corrected chi connectivity index (χ4v) is 4.73. The Morgan fingerprint density at radius 2 is 1.91 bits per heavy atom. The van der Waals surface area contributed by atoms with Gasteiger partial charge in [-0.1, -0.05) is 50.2 Å². The molecule has 0 bridgehead atoms. The largest absolute Gasteiger partial charge is 0.491 e. The van der Waals surface area contributed by atoms with Crippen LogP contribution in [0.3, 0.4) is 0 Å². The number of amides is 1. The van der Waals surface area contributed by atoms with Gasteiger partial charge in [-0.2, -0.15) is 0 Å². The molecular weight excluding hydrogens is 400 g/mol. The first kappa shape index (κ1) is 22.7. The van der Waals surface area contributed by atoms with E-state index in [2.05, 4.69) is 48.3 Å². The topological polar surface area (TPSA) is 50.8 Å². The molecule has 2 heterocycles. The van der Waals surface area contributed by atoms with E-state index in [-0.39, 0.29) is 18.1 Å². The maximum absolute atomic E-state index is 13.5. The van der Waals surface area contributed by atoms with Crippen molar-refractivity contribution in [1.29, 1.82) is 0 Å². The highest BCUT2D eigenvalue weighted by Crippen LogP contribution is 2.27. The predicted octanol–water partition coefficient (Wildman–Crippen LogP) is 5.39. The average Bonchev–Trinajstić information content (AvgIpc) is 3.31. The first-order valence-electron chi connectivity index (χ1n) is 12.0. The Balaban J connectivity index is 1.63. The number of hydrogen-bond donors (Lipinski definition) is 1. The molecule has 5 heteroatoms. The molecule has 1 saturated heterocycles. The third-order valence-electron chi connectivity index (χ3n) is 6.44. The Bertz CT molecular complexity index is 892. The lowest BCUT2D eigenvalue weighted by Gasteiger charge is -2.33. The fraction of sp³-hybridized carbons (Fsp3) is 0.519. The number of ether oxygens (including phenoxy) is 2. The van der Waals surface area contributed by atoms with Crippen LogP contribution in [0.1, 0.15) is 57.1 Å². The monoisotopic (exact) mass is 436 g/mol. The smallest absolute Gasteiger partial charge is 0.223 e. The van der Waals surface area contributed by atoms with Crippen molar-refractivity contribution in [2.24, 2.45) is 5.92 Å². The third kappa shape index (κ3) is 5.83. The zero-order valence-corrected chi connectivity index (χ0v) is 19.4. The third-order valence-corrected chi connectivity index (χ3v) is 6.44. The highest BCUT2D eigenvalue weighted by atomic mass is 16.5. The van der Waals surface area contributed by atoms with Gasteiger partial charge in [0.1, 0.15) is 12.4 Å². The summed E-state index contributed by atoms with van der Waals surface area (Å²) in [5.74, 6) is 1.54. The minimum Gasteiger partial charge on any atom is -0.491 e. The second-order valence-electron chi connectivity index (χ2n) is 9.41. The van der Waals surface area contributed by atoms with E-state index in [0.717, 1.165) is 54.9 Å². The second-order valence-corrected chi connectivity index (χ2v) is 9.41. The van der Waals surface area contributed by atoms with Gasteiger partial charge >= 0.3 is 0 Å². The summed E-state index contributed by atoms with van der Waals surface area (Å²) in [5.41, 5.74) is 3.35. The molecule has 2 aromatic rings. The van der Waals surface area contributed by atoms with Crippen LogP contribution in [0.5, 0.6) is 5.75 Å². The number of benzene rings is 2. The zero-order valence-electron chi connectivity index (χ0n) is 19.4. The molecule has 1 unspecified atom stereocenters. The van der Waals surface area contributed by atoms with Crippen molar-refractivity contribution in [2.45, 2.75) is 71.2 Å². The number of fused-ring (bicyclic) bond motifs is 2. The van der Waals surface area contributed by atoms with Gasteiger partial charge in [-0.25, -0.2) is 0 Å². The summed E-state index contributed by atoms with van der Waals surface area (Å²) in [5, 5.41) is 3.57. The van der Waals surface area contributed by atoms with Crippen LogP contribution in [0.25, 0.3) is 0 Å². The van der Waals surface area contributed by atoms with Crippen LogP contribution in [0, 0.1) is 5.92 Å². The molecule has 0 spiro atoms.